The second-order valence-electron chi connectivity index (χ2n) is 3.73. The van der Waals surface area contributed by atoms with Gasteiger partial charge in [0.1, 0.15) is 0 Å². The topological polar surface area (TPSA) is 48.0 Å². The third-order valence-corrected chi connectivity index (χ3v) is 6.14. The fourth-order valence-electron chi connectivity index (χ4n) is 1.66. The number of amides is 1. The Bertz CT molecular complexity index is 256. The molecule has 6 heteroatoms. The molecule has 0 saturated carbocycles. The van der Waals surface area contributed by atoms with Gasteiger partial charge in [0.15, 0.2) is 0 Å². The number of likely N-dealkylation sites (N-methyl/N-ethyl adjacent to an activating group) is 1. The van der Waals surface area contributed by atoms with E-state index in [2.05, 4.69) is 6.58 Å². The summed E-state index contributed by atoms with van der Waals surface area (Å²) in [7, 11) is -1.18. The second-order valence-corrected chi connectivity index (χ2v) is 6.64. The summed E-state index contributed by atoms with van der Waals surface area (Å²) in [4.78, 5) is 13.2. The summed E-state index contributed by atoms with van der Waals surface area (Å²) in [5.41, 5.74) is -0.247. The average Bonchev–Trinajstić information content (AvgIpc) is 2.36. The minimum atomic E-state index is -2.88. The monoisotopic (exact) mass is 275 g/mol. The minimum Gasteiger partial charge on any atom is -0.373 e. The zero-order chi connectivity index (χ0) is 14.2. The van der Waals surface area contributed by atoms with Crippen molar-refractivity contribution < 1.29 is 18.1 Å². The van der Waals surface area contributed by atoms with E-state index in [0.717, 1.165) is 0 Å². The van der Waals surface area contributed by atoms with Crippen LogP contribution in [0.25, 0.3) is 0 Å². The molecule has 1 amide bonds. The van der Waals surface area contributed by atoms with E-state index in [-0.39, 0.29) is 11.6 Å². The predicted octanol–water partition coefficient (Wildman–Crippen LogP) is 1.61. The molecule has 0 bridgehead atoms. The van der Waals surface area contributed by atoms with Crippen molar-refractivity contribution in [3.05, 3.63) is 12.7 Å². The van der Waals surface area contributed by atoms with Crippen LogP contribution in [0.15, 0.2) is 12.7 Å². The van der Waals surface area contributed by atoms with Crippen LogP contribution in [0.2, 0.25) is 0 Å². The lowest BCUT2D eigenvalue weighted by molar-refractivity contribution is -0.126. The number of hydrogen-bond donors (Lipinski definition) is 0. The Balaban J connectivity index is 5.11. The molecule has 0 aliphatic rings. The number of carbonyl (C=O) groups excluding carboxylic acids is 1. The van der Waals surface area contributed by atoms with Crippen molar-refractivity contribution in [1.29, 1.82) is 0 Å². The molecule has 1 atom stereocenters. The van der Waals surface area contributed by atoms with Crippen LogP contribution in [-0.4, -0.2) is 52.1 Å². The first-order chi connectivity index (χ1) is 8.48. The highest BCUT2D eigenvalue weighted by atomic mass is 28.4. The van der Waals surface area contributed by atoms with Gasteiger partial charge in [-0.05, 0) is 33.8 Å². The zero-order valence-corrected chi connectivity index (χ0v) is 13.1. The van der Waals surface area contributed by atoms with E-state index in [0.29, 0.717) is 19.8 Å². The molecule has 0 radical (unpaired) electrons. The summed E-state index contributed by atoms with van der Waals surface area (Å²) in [6.45, 7) is 12.5. The van der Waals surface area contributed by atoms with Gasteiger partial charge in [-0.3, -0.25) is 4.79 Å². The highest BCUT2D eigenvalue weighted by molar-refractivity contribution is 6.62. The maximum atomic E-state index is 11.7. The summed E-state index contributed by atoms with van der Waals surface area (Å²) in [5.74, 6) is -0.168. The normalized spacial score (nSPS) is 13.2. The molecule has 0 aliphatic heterocycles. The van der Waals surface area contributed by atoms with Gasteiger partial charge in [0.25, 0.3) is 0 Å². The van der Waals surface area contributed by atoms with Crippen molar-refractivity contribution in [2.45, 2.75) is 33.4 Å². The van der Waals surface area contributed by atoms with E-state index in [1.807, 2.05) is 27.7 Å². The molecule has 0 aromatic carbocycles. The molecule has 0 fully saturated rings. The van der Waals surface area contributed by atoms with E-state index in [9.17, 15) is 4.79 Å². The summed E-state index contributed by atoms with van der Waals surface area (Å²) < 4.78 is 17.3. The van der Waals surface area contributed by atoms with Crippen LogP contribution < -0.4 is 0 Å². The average molecular weight is 275 g/mol. The third kappa shape index (κ3) is 4.20. The molecule has 0 saturated heterocycles. The molecule has 106 valence electrons. The summed E-state index contributed by atoms with van der Waals surface area (Å²) in [6, 6.07) is 0. The largest absolute Gasteiger partial charge is 0.524 e. The Morgan fingerprint density at radius 1 is 1.22 bits per heavy atom. The Kier molecular flexibility index (Phi) is 8.09. The fraction of sp³-hybridized carbons (Fsp3) is 0.750. The Morgan fingerprint density at radius 3 is 1.89 bits per heavy atom. The molecule has 1 unspecified atom stereocenters. The van der Waals surface area contributed by atoms with Crippen LogP contribution in [0, 0.1) is 0 Å². The van der Waals surface area contributed by atoms with Gasteiger partial charge in [0.05, 0.1) is 5.67 Å². The van der Waals surface area contributed by atoms with Crippen molar-refractivity contribution in [3.8, 4) is 0 Å². The van der Waals surface area contributed by atoms with Gasteiger partial charge in [0.2, 0.25) is 5.91 Å². The standard InChI is InChI=1S/C12H25NO4Si/c1-7-12(14)13(6)11(5)18(15-8-2,16-9-3)17-10-4/h7,11H,1,8-10H2,2-6H3. The third-order valence-electron chi connectivity index (χ3n) is 2.65. The molecular weight excluding hydrogens is 250 g/mol. The number of hydrogen-bond acceptors (Lipinski definition) is 4. The Morgan fingerprint density at radius 2 is 1.61 bits per heavy atom. The lowest BCUT2D eigenvalue weighted by Gasteiger charge is -2.37. The van der Waals surface area contributed by atoms with Gasteiger partial charge in [-0.15, -0.1) is 0 Å². The van der Waals surface area contributed by atoms with Gasteiger partial charge in [-0.25, -0.2) is 0 Å². The quantitative estimate of drug-likeness (QED) is 0.474. The van der Waals surface area contributed by atoms with Crippen molar-refractivity contribution in [1.82, 2.24) is 4.90 Å². The fourth-order valence-corrected chi connectivity index (χ4v) is 4.44. The smallest absolute Gasteiger partial charge is 0.373 e. The highest BCUT2D eigenvalue weighted by Gasteiger charge is 2.49. The van der Waals surface area contributed by atoms with Gasteiger partial charge >= 0.3 is 8.80 Å². The SMILES string of the molecule is C=CC(=O)N(C)C(C)[Si](OCC)(OCC)OCC. The van der Waals surface area contributed by atoms with Crippen LogP contribution in [-0.2, 0) is 18.1 Å². The number of carbonyl (C=O) groups is 1. The molecule has 0 heterocycles. The van der Waals surface area contributed by atoms with Crippen LogP contribution >= 0.6 is 0 Å². The van der Waals surface area contributed by atoms with Crippen molar-refractivity contribution in [3.63, 3.8) is 0 Å². The van der Waals surface area contributed by atoms with E-state index in [1.54, 1.807) is 11.9 Å². The minimum absolute atomic E-state index is 0.168. The van der Waals surface area contributed by atoms with Crippen LogP contribution in [0.3, 0.4) is 0 Å². The van der Waals surface area contributed by atoms with Gasteiger partial charge in [0, 0.05) is 26.9 Å². The molecule has 0 spiro atoms. The molecule has 5 nitrogen and oxygen atoms in total. The zero-order valence-electron chi connectivity index (χ0n) is 12.1. The first kappa shape index (κ1) is 17.3. The molecule has 18 heavy (non-hydrogen) atoms. The number of rotatable bonds is 9. The summed E-state index contributed by atoms with van der Waals surface area (Å²) >= 11 is 0. The van der Waals surface area contributed by atoms with Crippen molar-refractivity contribution in [2.75, 3.05) is 26.9 Å². The Labute approximate surface area is 111 Å². The molecule has 0 aromatic rings. The lowest BCUT2D eigenvalue weighted by atomic mass is 10.5. The van der Waals surface area contributed by atoms with Gasteiger partial charge in [-0.2, -0.15) is 0 Å². The molecule has 0 aromatic heterocycles. The first-order valence-corrected chi connectivity index (χ1v) is 8.10. The number of nitrogens with zero attached hydrogens (tertiary/aromatic N) is 1. The van der Waals surface area contributed by atoms with E-state index in [1.165, 1.54) is 6.08 Å². The van der Waals surface area contributed by atoms with Crippen molar-refractivity contribution in [2.24, 2.45) is 0 Å². The maximum absolute atomic E-state index is 11.7. The van der Waals surface area contributed by atoms with Gasteiger partial charge < -0.3 is 18.2 Å². The molecular formula is C12H25NO4Si. The lowest BCUT2D eigenvalue weighted by Crippen LogP contribution is -2.61. The van der Waals surface area contributed by atoms with E-state index >= 15 is 0 Å². The molecule has 0 aliphatic carbocycles. The predicted molar refractivity (Wildman–Crippen MR) is 73.1 cm³/mol. The van der Waals surface area contributed by atoms with E-state index in [4.69, 9.17) is 13.3 Å². The van der Waals surface area contributed by atoms with Crippen molar-refractivity contribution >= 4 is 14.7 Å². The van der Waals surface area contributed by atoms with Crippen LogP contribution in [0.1, 0.15) is 27.7 Å². The van der Waals surface area contributed by atoms with Gasteiger partial charge in [-0.1, -0.05) is 6.58 Å². The van der Waals surface area contributed by atoms with E-state index < -0.39 is 8.80 Å². The molecule has 0 N–H and O–H groups in total. The summed E-state index contributed by atoms with van der Waals surface area (Å²) in [5, 5.41) is 0. The molecule has 0 rings (SSSR count). The summed E-state index contributed by atoms with van der Waals surface area (Å²) in [6.07, 6.45) is 1.28. The highest BCUT2D eigenvalue weighted by Crippen LogP contribution is 2.19. The van der Waals surface area contributed by atoms with Crippen LogP contribution in [0.5, 0.6) is 0 Å². The maximum Gasteiger partial charge on any atom is 0.524 e. The Hall–Kier alpha value is -0.693. The second kappa shape index (κ2) is 8.42. The van der Waals surface area contributed by atoms with Crippen LogP contribution in [0.4, 0.5) is 0 Å². The first-order valence-electron chi connectivity index (χ1n) is 6.30.